The normalized spacial score (nSPS) is 11.5. The van der Waals surface area contributed by atoms with Crippen molar-refractivity contribution in [1.82, 2.24) is 14.9 Å². The third kappa shape index (κ3) is 5.82. The second kappa shape index (κ2) is 9.91. The molecule has 2 aromatic rings. The van der Waals surface area contributed by atoms with Crippen LogP contribution in [0.1, 0.15) is 55.0 Å². The molecule has 0 atom stereocenters. The first-order chi connectivity index (χ1) is 13.7. The summed E-state index contributed by atoms with van der Waals surface area (Å²) in [5.41, 5.74) is -0.689. The zero-order valence-electron chi connectivity index (χ0n) is 17.3. The van der Waals surface area contributed by atoms with Crippen LogP contribution < -0.4 is 10.9 Å². The zero-order chi connectivity index (χ0) is 21.6. The van der Waals surface area contributed by atoms with Crippen LogP contribution in [0.15, 0.2) is 29.1 Å². The van der Waals surface area contributed by atoms with Crippen molar-refractivity contribution in [2.45, 2.75) is 45.1 Å². The largest absolute Gasteiger partial charge is 0.501 e. The van der Waals surface area contributed by atoms with Gasteiger partial charge in [-0.25, -0.2) is 9.37 Å². The Morgan fingerprint density at radius 3 is 2.55 bits per heavy atom. The van der Waals surface area contributed by atoms with Crippen molar-refractivity contribution >= 4 is 17.7 Å². The Kier molecular flexibility index (Phi) is 7.84. The van der Waals surface area contributed by atoms with E-state index in [-0.39, 0.29) is 18.1 Å². The van der Waals surface area contributed by atoms with Crippen molar-refractivity contribution in [1.29, 1.82) is 0 Å². The molecule has 158 valence electrons. The fraction of sp³-hybridized carbons (Fsp3) is 0.476. The molecule has 0 aliphatic heterocycles. The topological polar surface area (TPSA) is 84.2 Å². The van der Waals surface area contributed by atoms with E-state index in [1.54, 1.807) is 30.9 Å². The number of halogens is 1. The van der Waals surface area contributed by atoms with Gasteiger partial charge in [-0.05, 0) is 42.5 Å². The zero-order valence-corrected chi connectivity index (χ0v) is 18.1. The summed E-state index contributed by atoms with van der Waals surface area (Å²) < 4.78 is 14.3. The predicted molar refractivity (Wildman–Crippen MR) is 114 cm³/mol. The van der Waals surface area contributed by atoms with E-state index >= 15 is 0 Å². The van der Waals surface area contributed by atoms with E-state index < -0.39 is 22.6 Å². The van der Waals surface area contributed by atoms with Crippen molar-refractivity contribution in [2.75, 3.05) is 12.0 Å². The Hall–Kier alpha value is -2.35. The van der Waals surface area contributed by atoms with Gasteiger partial charge in [0.2, 0.25) is 5.75 Å². The molecular weight excluding hydrogens is 393 g/mol. The first-order valence-electron chi connectivity index (χ1n) is 9.49. The van der Waals surface area contributed by atoms with Crippen molar-refractivity contribution in [3.8, 4) is 5.75 Å². The van der Waals surface area contributed by atoms with Gasteiger partial charge in [-0.3, -0.25) is 14.2 Å². The lowest BCUT2D eigenvalue weighted by molar-refractivity contribution is 0.0941. The van der Waals surface area contributed by atoms with Crippen molar-refractivity contribution in [3.63, 3.8) is 0 Å². The molecule has 0 radical (unpaired) electrons. The third-order valence-corrected chi connectivity index (χ3v) is 5.55. The summed E-state index contributed by atoms with van der Waals surface area (Å²) in [4.78, 5) is 29.5. The van der Waals surface area contributed by atoms with Gasteiger partial charge in [0.25, 0.3) is 11.5 Å². The molecule has 29 heavy (non-hydrogen) atoms. The number of aromatic nitrogens is 2. The maximum Gasteiger partial charge on any atom is 0.296 e. The monoisotopic (exact) mass is 421 g/mol. The Morgan fingerprint density at radius 2 is 1.93 bits per heavy atom. The van der Waals surface area contributed by atoms with Gasteiger partial charge < -0.3 is 10.4 Å². The van der Waals surface area contributed by atoms with Crippen LogP contribution in [0.5, 0.6) is 5.75 Å². The molecule has 0 unspecified atom stereocenters. The Balaban J connectivity index is 2.24. The summed E-state index contributed by atoms with van der Waals surface area (Å²) in [7, 11) is 1.55. The molecule has 0 fully saturated rings. The summed E-state index contributed by atoms with van der Waals surface area (Å²) in [6, 6.07) is 5.70. The standard InChI is InChI=1S/C21H28FN3O3S/c1-21(2,11-5-6-12-29-4)20-24-16(17(26)19(28)25(20)3)18(27)23-13-14-7-9-15(22)10-8-14/h7-10,26H,5-6,11-13H2,1-4H3,(H,23,27). The van der Waals surface area contributed by atoms with Crippen LogP contribution in [-0.2, 0) is 19.0 Å². The van der Waals surface area contributed by atoms with Gasteiger partial charge in [0.15, 0.2) is 5.69 Å². The average molecular weight is 422 g/mol. The molecule has 0 spiro atoms. The highest BCUT2D eigenvalue weighted by Gasteiger charge is 2.29. The van der Waals surface area contributed by atoms with Crippen molar-refractivity contribution in [3.05, 3.63) is 57.5 Å². The highest BCUT2D eigenvalue weighted by atomic mass is 32.2. The molecule has 2 rings (SSSR count). The molecule has 1 aromatic heterocycles. The van der Waals surface area contributed by atoms with Crippen LogP contribution in [0.25, 0.3) is 0 Å². The van der Waals surface area contributed by atoms with Crippen LogP contribution >= 0.6 is 11.8 Å². The van der Waals surface area contributed by atoms with Crippen LogP contribution in [0.2, 0.25) is 0 Å². The van der Waals surface area contributed by atoms with Crippen LogP contribution in [-0.4, -0.2) is 32.6 Å². The first-order valence-corrected chi connectivity index (χ1v) is 10.9. The fourth-order valence-corrected chi connectivity index (χ4v) is 3.64. The van der Waals surface area contributed by atoms with E-state index in [2.05, 4.69) is 16.6 Å². The number of carbonyl (C=O) groups is 1. The van der Waals surface area contributed by atoms with E-state index in [1.165, 1.54) is 16.7 Å². The number of aromatic hydroxyl groups is 1. The molecule has 0 aliphatic rings. The lowest BCUT2D eigenvalue weighted by Crippen LogP contribution is -2.35. The number of amides is 1. The highest BCUT2D eigenvalue weighted by Crippen LogP contribution is 2.28. The fourth-order valence-electron chi connectivity index (χ4n) is 3.15. The van der Waals surface area contributed by atoms with Gasteiger partial charge in [0.1, 0.15) is 11.6 Å². The summed E-state index contributed by atoms with van der Waals surface area (Å²) in [6.07, 6.45) is 4.89. The number of hydrogen-bond acceptors (Lipinski definition) is 5. The van der Waals surface area contributed by atoms with Crippen LogP contribution in [0, 0.1) is 5.82 Å². The van der Waals surface area contributed by atoms with Crippen LogP contribution in [0.3, 0.4) is 0 Å². The molecule has 8 heteroatoms. The Morgan fingerprint density at radius 1 is 1.28 bits per heavy atom. The molecule has 1 amide bonds. The van der Waals surface area contributed by atoms with Gasteiger partial charge in [0.05, 0.1) is 0 Å². The van der Waals surface area contributed by atoms with Gasteiger partial charge in [-0.1, -0.05) is 32.4 Å². The number of unbranched alkanes of at least 4 members (excludes halogenated alkanes) is 1. The minimum atomic E-state index is -0.675. The lowest BCUT2D eigenvalue weighted by Gasteiger charge is -2.26. The molecular formula is C21H28FN3O3S. The molecule has 1 heterocycles. The number of carbonyl (C=O) groups excluding carboxylic acids is 1. The molecule has 1 aromatic carbocycles. The number of hydrogen-bond donors (Lipinski definition) is 2. The number of rotatable bonds is 9. The molecule has 6 nitrogen and oxygen atoms in total. The van der Waals surface area contributed by atoms with Crippen LogP contribution in [0.4, 0.5) is 4.39 Å². The van der Waals surface area contributed by atoms with Crippen molar-refractivity contribution in [2.24, 2.45) is 7.05 Å². The number of benzene rings is 1. The van der Waals surface area contributed by atoms with Crippen molar-refractivity contribution < 1.29 is 14.3 Å². The van der Waals surface area contributed by atoms with E-state index in [0.29, 0.717) is 11.4 Å². The second-order valence-electron chi connectivity index (χ2n) is 7.64. The van der Waals surface area contributed by atoms with E-state index in [0.717, 1.165) is 25.0 Å². The van der Waals surface area contributed by atoms with Gasteiger partial charge in [-0.2, -0.15) is 11.8 Å². The minimum absolute atomic E-state index is 0.128. The second-order valence-corrected chi connectivity index (χ2v) is 8.63. The number of nitrogens with zero attached hydrogens (tertiary/aromatic N) is 2. The lowest BCUT2D eigenvalue weighted by atomic mass is 9.86. The van der Waals surface area contributed by atoms with E-state index in [9.17, 15) is 19.1 Å². The minimum Gasteiger partial charge on any atom is -0.501 e. The quantitative estimate of drug-likeness (QED) is 0.607. The Labute approximate surface area is 174 Å². The smallest absolute Gasteiger partial charge is 0.296 e. The molecule has 0 saturated carbocycles. The summed E-state index contributed by atoms with van der Waals surface area (Å²) in [5, 5.41) is 12.8. The summed E-state index contributed by atoms with van der Waals surface area (Å²) >= 11 is 1.79. The maximum absolute atomic E-state index is 13.0. The number of nitrogens with one attached hydrogen (secondary N) is 1. The first kappa shape index (κ1) is 22.9. The van der Waals surface area contributed by atoms with Gasteiger partial charge in [-0.15, -0.1) is 0 Å². The Bertz CT molecular complexity index is 911. The molecule has 0 aliphatic carbocycles. The molecule has 0 bridgehead atoms. The SMILES string of the molecule is CSCCCCC(C)(C)c1nc(C(=O)NCc2ccc(F)cc2)c(O)c(=O)n1C. The van der Waals surface area contributed by atoms with Gasteiger partial charge >= 0.3 is 0 Å². The molecule has 2 N–H and O–H groups in total. The number of thioether (sulfide) groups is 1. The van der Waals surface area contributed by atoms with E-state index in [1.807, 2.05) is 13.8 Å². The summed E-state index contributed by atoms with van der Waals surface area (Å²) in [6.45, 7) is 4.08. The molecule has 0 saturated heterocycles. The summed E-state index contributed by atoms with van der Waals surface area (Å²) in [5.74, 6) is -0.170. The van der Waals surface area contributed by atoms with Gasteiger partial charge in [0, 0.05) is 19.0 Å². The highest BCUT2D eigenvalue weighted by molar-refractivity contribution is 7.98. The van der Waals surface area contributed by atoms with E-state index in [4.69, 9.17) is 0 Å². The average Bonchev–Trinajstić information content (AvgIpc) is 2.69. The maximum atomic E-state index is 13.0. The predicted octanol–water partition coefficient (Wildman–Crippen LogP) is 3.37. The third-order valence-electron chi connectivity index (χ3n) is 4.85.